The highest BCUT2D eigenvalue weighted by Gasteiger charge is 2.12. The van der Waals surface area contributed by atoms with Gasteiger partial charge in [-0.15, -0.1) is 0 Å². The van der Waals surface area contributed by atoms with E-state index in [1.165, 1.54) is 12.1 Å². The number of halogens is 2. The molecule has 0 saturated heterocycles. The Balaban J connectivity index is 1.20. The Labute approximate surface area is 222 Å². The smallest absolute Gasteiger partial charge is 0.185 e. The van der Waals surface area contributed by atoms with Gasteiger partial charge in [-0.2, -0.15) is 0 Å². The molecule has 0 fully saturated rings. The van der Waals surface area contributed by atoms with Gasteiger partial charge in [0.2, 0.25) is 0 Å². The second-order valence-electron chi connectivity index (χ2n) is 9.07. The van der Waals surface area contributed by atoms with E-state index >= 15 is 0 Å². The van der Waals surface area contributed by atoms with Crippen LogP contribution in [-0.4, -0.2) is 39.6 Å². The van der Waals surface area contributed by atoms with E-state index in [1.54, 1.807) is 24.3 Å². The molecule has 5 nitrogen and oxygen atoms in total. The topological polar surface area (TPSA) is 70.1 Å². The van der Waals surface area contributed by atoms with Gasteiger partial charge in [-0.1, -0.05) is 34.1 Å². The van der Waals surface area contributed by atoms with Crippen LogP contribution in [0.5, 0.6) is 0 Å². The number of aliphatic hydroxyl groups excluding tert-OH is 1. The number of aromatic nitrogens is 2. The van der Waals surface area contributed by atoms with E-state index in [4.69, 9.17) is 0 Å². The van der Waals surface area contributed by atoms with E-state index in [0.29, 0.717) is 25.2 Å². The quantitative estimate of drug-likeness (QED) is 0.110. The fourth-order valence-corrected chi connectivity index (χ4v) is 4.85. The summed E-state index contributed by atoms with van der Waals surface area (Å²) >= 11 is 3.39. The van der Waals surface area contributed by atoms with Gasteiger partial charge in [0.25, 0.3) is 0 Å². The molecule has 5 aromatic rings. The molecule has 0 unspecified atom stereocenters. The number of H-pyrrole nitrogens is 1. The minimum absolute atomic E-state index is 0.0612. The molecule has 2 aromatic heterocycles. The zero-order chi connectivity index (χ0) is 25.8. The Morgan fingerprint density at radius 1 is 1.11 bits per heavy atom. The number of hydrogen-bond acceptors (Lipinski definition) is 3. The number of hydrogen-bond donors (Lipinski definition) is 3. The number of ketones is 1. The Morgan fingerprint density at radius 3 is 2.76 bits per heavy atom. The molecule has 0 aliphatic rings. The van der Waals surface area contributed by atoms with Crippen LogP contribution in [0.4, 0.5) is 4.39 Å². The molecule has 0 radical (unpaired) electrons. The lowest BCUT2D eigenvalue weighted by Gasteiger charge is -2.13. The summed E-state index contributed by atoms with van der Waals surface area (Å²) in [5, 5.41) is 16.1. The number of rotatable bonds is 10. The normalized spacial score (nSPS) is 12.6. The Kier molecular flexibility index (Phi) is 7.65. The van der Waals surface area contributed by atoms with Crippen LogP contribution in [0.2, 0.25) is 0 Å². The van der Waals surface area contributed by atoms with Gasteiger partial charge in [0.1, 0.15) is 5.82 Å². The third-order valence-corrected chi connectivity index (χ3v) is 6.98. The van der Waals surface area contributed by atoms with Crippen molar-refractivity contribution in [3.63, 3.8) is 0 Å². The third kappa shape index (κ3) is 5.91. The molecule has 5 rings (SSSR count). The summed E-state index contributed by atoms with van der Waals surface area (Å²) in [6.07, 6.45) is 7.49. The second-order valence-corrected chi connectivity index (χ2v) is 9.99. The van der Waals surface area contributed by atoms with Crippen molar-refractivity contribution in [2.75, 3.05) is 13.1 Å². The predicted molar refractivity (Wildman–Crippen MR) is 150 cm³/mol. The lowest BCUT2D eigenvalue weighted by Crippen LogP contribution is -2.31. The Hall–Kier alpha value is -3.52. The lowest BCUT2D eigenvalue weighted by atomic mass is 10.1. The van der Waals surface area contributed by atoms with Crippen molar-refractivity contribution in [2.45, 2.75) is 19.1 Å². The predicted octanol–water partition coefficient (Wildman–Crippen LogP) is 6.11. The highest BCUT2D eigenvalue weighted by atomic mass is 79.9. The summed E-state index contributed by atoms with van der Waals surface area (Å²) in [6.45, 7) is 1.56. The van der Waals surface area contributed by atoms with E-state index in [-0.39, 0.29) is 11.6 Å². The maximum Gasteiger partial charge on any atom is 0.185 e. The van der Waals surface area contributed by atoms with Crippen molar-refractivity contribution in [2.24, 2.45) is 0 Å². The van der Waals surface area contributed by atoms with E-state index in [2.05, 4.69) is 26.2 Å². The molecule has 0 amide bonds. The number of nitrogens with one attached hydrogen (secondary N) is 2. The highest BCUT2D eigenvalue weighted by Crippen LogP contribution is 2.24. The molecule has 0 bridgehead atoms. The van der Waals surface area contributed by atoms with Crippen LogP contribution in [0.25, 0.3) is 27.9 Å². The molecule has 3 N–H and O–H groups in total. The summed E-state index contributed by atoms with van der Waals surface area (Å²) in [5.41, 5.74) is 4.46. The Morgan fingerprint density at radius 2 is 1.92 bits per heavy atom. The average Bonchev–Trinajstić information content (AvgIpc) is 3.46. The number of allylic oxidation sites excluding steroid dienone is 1. The molecule has 37 heavy (non-hydrogen) atoms. The Bertz CT molecular complexity index is 1570. The first kappa shape index (κ1) is 25.1. The second kappa shape index (κ2) is 11.3. The molecule has 0 aliphatic carbocycles. The fourth-order valence-electron chi connectivity index (χ4n) is 4.58. The van der Waals surface area contributed by atoms with Gasteiger partial charge < -0.3 is 20.0 Å². The van der Waals surface area contributed by atoms with Gasteiger partial charge in [-0.05, 0) is 79.2 Å². The van der Waals surface area contributed by atoms with Crippen molar-refractivity contribution in [3.8, 4) is 0 Å². The van der Waals surface area contributed by atoms with Gasteiger partial charge in [0.05, 0.1) is 6.10 Å². The van der Waals surface area contributed by atoms with E-state index in [9.17, 15) is 14.3 Å². The number of carbonyl (C=O) groups excluding carboxylic acids is 1. The number of carbonyl (C=O) groups is 1. The molecule has 0 spiro atoms. The third-order valence-electron chi connectivity index (χ3n) is 6.45. The molecular weight excluding hydrogens is 533 g/mol. The molecule has 188 valence electrons. The summed E-state index contributed by atoms with van der Waals surface area (Å²) < 4.78 is 16.4. The van der Waals surface area contributed by atoms with Gasteiger partial charge in [0.15, 0.2) is 5.78 Å². The van der Waals surface area contributed by atoms with Crippen LogP contribution >= 0.6 is 15.9 Å². The van der Waals surface area contributed by atoms with Crippen LogP contribution in [0.3, 0.4) is 0 Å². The molecule has 7 heteroatoms. The minimum atomic E-state index is -0.589. The number of fused-ring (bicyclic) bond motifs is 2. The van der Waals surface area contributed by atoms with E-state index < -0.39 is 6.10 Å². The number of aliphatic hydroxyl groups is 1. The van der Waals surface area contributed by atoms with E-state index in [0.717, 1.165) is 43.8 Å². The summed E-state index contributed by atoms with van der Waals surface area (Å²) in [7, 11) is 0. The summed E-state index contributed by atoms with van der Waals surface area (Å²) in [6, 6.07) is 20.0. The average molecular weight is 560 g/mol. The highest BCUT2D eigenvalue weighted by molar-refractivity contribution is 9.10. The first-order valence-electron chi connectivity index (χ1n) is 12.2. The van der Waals surface area contributed by atoms with Crippen molar-refractivity contribution in [3.05, 3.63) is 112 Å². The van der Waals surface area contributed by atoms with Crippen LogP contribution in [0.1, 0.15) is 21.5 Å². The first-order valence-corrected chi connectivity index (χ1v) is 13.0. The van der Waals surface area contributed by atoms with Crippen LogP contribution in [0, 0.1) is 5.82 Å². The van der Waals surface area contributed by atoms with Crippen LogP contribution < -0.4 is 5.32 Å². The van der Waals surface area contributed by atoms with Gasteiger partial charge in [-0.25, -0.2) is 4.39 Å². The van der Waals surface area contributed by atoms with Gasteiger partial charge in [0, 0.05) is 62.9 Å². The minimum Gasteiger partial charge on any atom is -0.390 e. The fraction of sp³-hybridized carbons (Fsp3) is 0.167. The molecular formula is C30H27BrFN3O2. The van der Waals surface area contributed by atoms with Crippen molar-refractivity contribution in [1.82, 2.24) is 14.9 Å². The number of aromatic amines is 1. The summed E-state index contributed by atoms with van der Waals surface area (Å²) in [5.74, 6) is -0.316. The number of benzene rings is 3. The van der Waals surface area contributed by atoms with Crippen LogP contribution in [-0.2, 0) is 13.0 Å². The van der Waals surface area contributed by atoms with Crippen LogP contribution in [0.15, 0.2) is 89.7 Å². The first-order chi connectivity index (χ1) is 18.0. The zero-order valence-corrected chi connectivity index (χ0v) is 21.7. The SMILES string of the molecule is O=C(/C=C/c1cn(C[C@@H](O)CNCCc2c[nH]c3cc(F)ccc23)c2ccccc12)c1ccc(Br)cc1. The summed E-state index contributed by atoms with van der Waals surface area (Å²) in [4.78, 5) is 15.7. The number of nitrogens with zero attached hydrogens (tertiary/aromatic N) is 1. The lowest BCUT2D eigenvalue weighted by molar-refractivity contribution is 0.104. The maximum atomic E-state index is 13.4. The molecule has 1 atom stereocenters. The van der Waals surface area contributed by atoms with Crippen molar-refractivity contribution in [1.29, 1.82) is 0 Å². The molecule has 0 saturated carbocycles. The number of para-hydroxylation sites is 1. The van der Waals surface area contributed by atoms with Crippen molar-refractivity contribution >= 4 is 49.6 Å². The standard InChI is InChI=1S/C30H27BrFN3O2/c31-23-8-5-20(6-9-23)30(37)12-7-22-18-35(29-4-2-1-3-27(22)29)19-25(36)17-33-14-13-21-16-34-28-15-24(32)10-11-26(21)28/h1-12,15-16,18,25,33-34,36H,13-14,17,19H2/b12-7+/t25-/m0/s1. The molecule has 2 heterocycles. The molecule has 3 aromatic carbocycles. The zero-order valence-electron chi connectivity index (χ0n) is 20.1. The molecule has 0 aliphatic heterocycles. The maximum absolute atomic E-state index is 13.4. The largest absolute Gasteiger partial charge is 0.390 e. The van der Waals surface area contributed by atoms with Crippen molar-refractivity contribution < 1.29 is 14.3 Å². The van der Waals surface area contributed by atoms with Gasteiger partial charge >= 0.3 is 0 Å². The monoisotopic (exact) mass is 559 g/mol. The van der Waals surface area contributed by atoms with Gasteiger partial charge in [-0.3, -0.25) is 4.79 Å². The van der Waals surface area contributed by atoms with E-state index in [1.807, 2.05) is 59.4 Å².